The minimum absolute atomic E-state index is 0.00211. The van der Waals surface area contributed by atoms with Crippen LogP contribution in [0, 0.1) is 5.41 Å². The molecule has 4 heteroatoms. The fourth-order valence-electron chi connectivity index (χ4n) is 4.00. The number of ether oxygens (including phenoxy) is 2. The van der Waals surface area contributed by atoms with E-state index < -0.39 is 0 Å². The summed E-state index contributed by atoms with van der Waals surface area (Å²) in [4.78, 5) is 5.35. The Morgan fingerprint density at radius 3 is 2.71 bits per heavy atom. The maximum atomic E-state index is 5.95. The van der Waals surface area contributed by atoms with Crippen LogP contribution in [0.25, 0.3) is 0 Å². The van der Waals surface area contributed by atoms with Gasteiger partial charge in [0, 0.05) is 33.0 Å². The molecule has 4 nitrogen and oxygen atoms in total. The maximum Gasteiger partial charge on any atom is 0.150 e. The van der Waals surface area contributed by atoms with Gasteiger partial charge in [0.2, 0.25) is 0 Å². The van der Waals surface area contributed by atoms with Crippen LogP contribution >= 0.6 is 0 Å². The molecule has 0 amide bonds. The van der Waals surface area contributed by atoms with E-state index in [1.807, 2.05) is 0 Å². The van der Waals surface area contributed by atoms with Crippen molar-refractivity contribution < 1.29 is 19.4 Å². The summed E-state index contributed by atoms with van der Waals surface area (Å²) in [5.74, 6) is 0. The fourth-order valence-corrected chi connectivity index (χ4v) is 4.00. The topological polar surface area (TPSA) is 36.9 Å². The maximum absolute atomic E-state index is 5.95. The fraction of sp³-hybridized carbons (Fsp3) is 0.941. The SMILES string of the molecule is COCCC[NH+]=C[C@@]1(C[NH+]2CCCC2)CCOC(C)(C)C1. The Morgan fingerprint density at radius 1 is 1.29 bits per heavy atom. The number of nitrogens with one attached hydrogen (secondary N) is 2. The average Bonchev–Trinajstić information content (AvgIpc) is 2.90. The van der Waals surface area contributed by atoms with Crippen LogP contribution in [0.1, 0.15) is 46.0 Å². The Labute approximate surface area is 129 Å². The van der Waals surface area contributed by atoms with E-state index in [0.29, 0.717) is 0 Å². The summed E-state index contributed by atoms with van der Waals surface area (Å²) >= 11 is 0. The van der Waals surface area contributed by atoms with Gasteiger partial charge in [-0.05, 0) is 26.7 Å². The number of quaternary nitrogens is 1. The van der Waals surface area contributed by atoms with Gasteiger partial charge in [0.25, 0.3) is 0 Å². The second-order valence-corrected chi connectivity index (χ2v) is 7.48. The van der Waals surface area contributed by atoms with E-state index in [2.05, 4.69) is 25.1 Å². The van der Waals surface area contributed by atoms with E-state index in [9.17, 15) is 0 Å². The molecular weight excluding hydrogens is 264 g/mol. The average molecular weight is 298 g/mol. The molecule has 2 heterocycles. The van der Waals surface area contributed by atoms with Crippen LogP contribution in [0.3, 0.4) is 0 Å². The minimum atomic E-state index is 0.00211. The van der Waals surface area contributed by atoms with Gasteiger partial charge in [-0.1, -0.05) is 0 Å². The van der Waals surface area contributed by atoms with E-state index >= 15 is 0 Å². The van der Waals surface area contributed by atoms with Crippen LogP contribution in [-0.2, 0) is 9.47 Å². The molecular formula is C17H34N2O2+2. The molecule has 0 aromatic carbocycles. The van der Waals surface area contributed by atoms with Crippen LogP contribution in [-0.4, -0.2) is 58.3 Å². The first kappa shape index (κ1) is 16.9. The molecule has 0 radical (unpaired) electrons. The number of likely N-dealkylation sites (tertiary alicyclic amines) is 1. The van der Waals surface area contributed by atoms with E-state index in [4.69, 9.17) is 9.47 Å². The monoisotopic (exact) mass is 298 g/mol. The molecule has 0 aliphatic carbocycles. The van der Waals surface area contributed by atoms with E-state index in [1.165, 1.54) is 32.5 Å². The van der Waals surface area contributed by atoms with Gasteiger partial charge in [-0.2, -0.15) is 0 Å². The molecule has 0 unspecified atom stereocenters. The zero-order chi connectivity index (χ0) is 15.2. The number of hydrogen-bond donors (Lipinski definition) is 2. The van der Waals surface area contributed by atoms with Crippen molar-refractivity contribution in [1.29, 1.82) is 0 Å². The Hall–Kier alpha value is -0.450. The highest BCUT2D eigenvalue weighted by Gasteiger charge is 2.45. The normalized spacial score (nSPS) is 30.2. The van der Waals surface area contributed by atoms with Crippen LogP contribution in [0.5, 0.6) is 0 Å². The van der Waals surface area contributed by atoms with E-state index in [-0.39, 0.29) is 11.0 Å². The van der Waals surface area contributed by atoms with Gasteiger partial charge in [0.05, 0.1) is 31.8 Å². The summed E-state index contributed by atoms with van der Waals surface area (Å²) in [5, 5.41) is 0. The summed E-state index contributed by atoms with van der Waals surface area (Å²) in [6.45, 7) is 11.2. The lowest BCUT2D eigenvalue weighted by molar-refractivity contribution is -0.893. The van der Waals surface area contributed by atoms with Crippen LogP contribution in [0.4, 0.5) is 0 Å². The second-order valence-electron chi connectivity index (χ2n) is 7.48. The molecule has 21 heavy (non-hydrogen) atoms. The summed E-state index contributed by atoms with van der Waals surface area (Å²) < 4.78 is 11.1. The van der Waals surface area contributed by atoms with Crippen LogP contribution in [0.15, 0.2) is 0 Å². The Kier molecular flexibility index (Phi) is 6.20. The van der Waals surface area contributed by atoms with Crippen molar-refractivity contribution in [3.05, 3.63) is 0 Å². The van der Waals surface area contributed by atoms with Crippen molar-refractivity contribution in [3.8, 4) is 0 Å². The molecule has 2 rings (SSSR count). The molecule has 1 atom stereocenters. The first-order chi connectivity index (χ1) is 10.1. The number of methoxy groups -OCH3 is 1. The predicted octanol–water partition coefficient (Wildman–Crippen LogP) is -0.572. The molecule has 2 N–H and O–H groups in total. The van der Waals surface area contributed by atoms with Crippen molar-refractivity contribution in [3.63, 3.8) is 0 Å². The molecule has 2 fully saturated rings. The van der Waals surface area contributed by atoms with Gasteiger partial charge in [-0.15, -0.1) is 0 Å². The lowest BCUT2D eigenvalue weighted by Gasteiger charge is -2.41. The Bertz CT molecular complexity index is 338. The predicted molar refractivity (Wildman–Crippen MR) is 84.9 cm³/mol. The molecule has 0 aromatic rings. The van der Waals surface area contributed by atoms with Gasteiger partial charge in [-0.3, -0.25) is 4.99 Å². The Balaban J connectivity index is 1.98. The first-order valence-corrected chi connectivity index (χ1v) is 8.60. The standard InChI is InChI=1S/C17H32N2O2/c1-16(2)13-17(7-12-21-16,14-18-8-6-11-20-3)15-19-9-4-5-10-19/h14H,4-13,15H2,1-3H3/p+2/t17-/m1/s1. The van der Waals surface area contributed by atoms with Crippen molar-refractivity contribution in [2.75, 3.05) is 46.5 Å². The molecule has 0 bridgehead atoms. The molecule has 122 valence electrons. The zero-order valence-corrected chi connectivity index (χ0v) is 14.2. The third-order valence-corrected chi connectivity index (χ3v) is 4.86. The van der Waals surface area contributed by atoms with Crippen LogP contribution in [0.2, 0.25) is 0 Å². The molecule has 0 aromatic heterocycles. The smallest absolute Gasteiger partial charge is 0.150 e. The van der Waals surface area contributed by atoms with Gasteiger partial charge in [-0.25, -0.2) is 0 Å². The second kappa shape index (κ2) is 7.70. The number of hydrogen-bond acceptors (Lipinski definition) is 2. The first-order valence-electron chi connectivity index (χ1n) is 8.60. The third kappa shape index (κ3) is 5.35. The Morgan fingerprint density at radius 2 is 2.05 bits per heavy atom. The lowest BCUT2D eigenvalue weighted by Crippen LogP contribution is -3.11. The molecule has 2 saturated heterocycles. The van der Waals surface area contributed by atoms with Crippen molar-refractivity contribution in [2.24, 2.45) is 5.41 Å². The molecule has 2 aliphatic rings. The largest absolute Gasteiger partial charge is 0.384 e. The van der Waals surface area contributed by atoms with Gasteiger partial charge >= 0.3 is 0 Å². The van der Waals surface area contributed by atoms with Crippen LogP contribution < -0.4 is 9.89 Å². The summed E-state index contributed by atoms with van der Waals surface area (Å²) in [6, 6.07) is 0. The summed E-state index contributed by atoms with van der Waals surface area (Å²) in [5.41, 5.74) is 0.288. The highest BCUT2D eigenvalue weighted by molar-refractivity contribution is 5.60. The van der Waals surface area contributed by atoms with Crippen molar-refractivity contribution in [2.45, 2.75) is 51.6 Å². The van der Waals surface area contributed by atoms with Crippen molar-refractivity contribution >= 4 is 6.21 Å². The van der Waals surface area contributed by atoms with Gasteiger partial charge in [0.15, 0.2) is 0 Å². The summed E-state index contributed by atoms with van der Waals surface area (Å²) in [7, 11) is 1.77. The third-order valence-electron chi connectivity index (χ3n) is 4.86. The minimum Gasteiger partial charge on any atom is -0.384 e. The van der Waals surface area contributed by atoms with E-state index in [0.717, 1.165) is 39.0 Å². The highest BCUT2D eigenvalue weighted by Crippen LogP contribution is 2.36. The van der Waals surface area contributed by atoms with E-state index in [1.54, 1.807) is 12.0 Å². The molecule has 0 saturated carbocycles. The lowest BCUT2D eigenvalue weighted by atomic mass is 9.74. The van der Waals surface area contributed by atoms with Gasteiger partial charge < -0.3 is 14.4 Å². The zero-order valence-electron chi connectivity index (χ0n) is 14.2. The highest BCUT2D eigenvalue weighted by atomic mass is 16.5. The summed E-state index contributed by atoms with van der Waals surface area (Å²) in [6.07, 6.45) is 8.54. The molecule has 2 aliphatic heterocycles. The molecule has 0 spiro atoms. The number of rotatable bonds is 7. The van der Waals surface area contributed by atoms with Crippen molar-refractivity contribution in [1.82, 2.24) is 0 Å². The quantitative estimate of drug-likeness (QED) is 0.488. The van der Waals surface area contributed by atoms with Gasteiger partial charge in [0.1, 0.15) is 18.2 Å².